The summed E-state index contributed by atoms with van der Waals surface area (Å²) in [6, 6.07) is 12.0. The number of hydrogen-bond donors (Lipinski definition) is 0. The van der Waals surface area contributed by atoms with E-state index in [1.165, 1.54) is 5.56 Å². The van der Waals surface area contributed by atoms with Crippen molar-refractivity contribution in [2.45, 2.75) is 37.4 Å². The van der Waals surface area contributed by atoms with Crippen LogP contribution in [0.4, 0.5) is 0 Å². The number of ether oxygens (including phenoxy) is 2. The highest BCUT2D eigenvalue weighted by Gasteiger charge is 2.40. The summed E-state index contributed by atoms with van der Waals surface area (Å²) in [5, 5.41) is 0. The molecule has 2 heterocycles. The van der Waals surface area contributed by atoms with Crippen molar-refractivity contribution in [1.82, 2.24) is 0 Å². The zero-order chi connectivity index (χ0) is 15.7. The van der Waals surface area contributed by atoms with Gasteiger partial charge in [-0.05, 0) is 36.5 Å². The van der Waals surface area contributed by atoms with Crippen molar-refractivity contribution >= 4 is 6.29 Å². The van der Waals surface area contributed by atoms with Gasteiger partial charge < -0.3 is 13.9 Å². The zero-order valence-electron chi connectivity index (χ0n) is 13.0. The molecule has 4 heteroatoms. The Hall–Kier alpha value is -1.91. The first-order valence-corrected chi connectivity index (χ1v) is 8.21. The van der Waals surface area contributed by atoms with Crippen molar-refractivity contribution in [3.05, 3.63) is 47.7 Å². The largest absolute Gasteiger partial charge is 0.453 e. The fourth-order valence-corrected chi connectivity index (χ4v) is 3.67. The average molecular weight is 312 g/mol. The highest BCUT2D eigenvalue weighted by molar-refractivity contribution is 5.72. The molecule has 0 N–H and O–H groups in total. The lowest BCUT2D eigenvalue weighted by Crippen LogP contribution is -2.34. The fraction of sp³-hybridized carbons (Fsp3) is 0.421. The Kier molecular flexibility index (Phi) is 3.79. The Balaban J connectivity index is 1.45. The van der Waals surface area contributed by atoms with Crippen LogP contribution >= 0.6 is 0 Å². The molecule has 1 aliphatic carbocycles. The number of carbonyl (C=O) groups is 1. The molecule has 1 aliphatic heterocycles. The molecule has 4 nitrogen and oxygen atoms in total. The van der Waals surface area contributed by atoms with Gasteiger partial charge in [0, 0.05) is 18.4 Å². The SMILES string of the molecule is O=Cc1ccc(-c2ccc(C3CCC4(CC3)OCCO4)cc2)o1. The second kappa shape index (κ2) is 5.95. The third kappa shape index (κ3) is 2.84. The van der Waals surface area contributed by atoms with E-state index in [0.29, 0.717) is 11.7 Å². The van der Waals surface area contributed by atoms with E-state index in [4.69, 9.17) is 13.9 Å². The number of rotatable bonds is 3. The van der Waals surface area contributed by atoms with Crippen LogP contribution in [-0.4, -0.2) is 25.3 Å². The van der Waals surface area contributed by atoms with Crippen molar-refractivity contribution < 1.29 is 18.7 Å². The zero-order valence-corrected chi connectivity index (χ0v) is 13.0. The van der Waals surface area contributed by atoms with Crippen LogP contribution in [0.1, 0.15) is 47.7 Å². The Morgan fingerprint density at radius 1 is 0.957 bits per heavy atom. The third-order valence-corrected chi connectivity index (χ3v) is 4.97. The molecule has 0 bridgehead atoms. The van der Waals surface area contributed by atoms with Crippen LogP contribution in [0.15, 0.2) is 40.8 Å². The van der Waals surface area contributed by atoms with E-state index in [1.54, 1.807) is 6.07 Å². The standard InChI is InChI=1S/C19H20O4/c20-13-17-5-6-18(23-17)16-3-1-14(2-4-16)15-7-9-19(10-8-15)21-11-12-22-19/h1-6,13,15H,7-12H2. The number of carbonyl (C=O) groups excluding carboxylic acids is 1. The molecule has 1 aromatic carbocycles. The second-order valence-corrected chi connectivity index (χ2v) is 6.32. The molecule has 0 amide bonds. The smallest absolute Gasteiger partial charge is 0.185 e. The van der Waals surface area contributed by atoms with Gasteiger partial charge in [-0.2, -0.15) is 0 Å². The highest BCUT2D eigenvalue weighted by atomic mass is 16.7. The minimum atomic E-state index is -0.296. The van der Waals surface area contributed by atoms with Crippen LogP contribution in [0, 0.1) is 0 Å². The Labute approximate surface area is 135 Å². The fourth-order valence-electron chi connectivity index (χ4n) is 3.67. The molecule has 0 atom stereocenters. The van der Waals surface area contributed by atoms with Gasteiger partial charge in [-0.15, -0.1) is 0 Å². The molecule has 0 unspecified atom stereocenters. The lowest BCUT2D eigenvalue weighted by molar-refractivity contribution is -0.178. The first-order valence-electron chi connectivity index (χ1n) is 8.21. The van der Waals surface area contributed by atoms with Crippen LogP contribution < -0.4 is 0 Å². The maximum Gasteiger partial charge on any atom is 0.185 e. The van der Waals surface area contributed by atoms with Gasteiger partial charge in [0.05, 0.1) is 13.2 Å². The number of aldehydes is 1. The van der Waals surface area contributed by atoms with Gasteiger partial charge in [-0.25, -0.2) is 0 Å². The first-order chi connectivity index (χ1) is 11.3. The lowest BCUT2D eigenvalue weighted by atomic mass is 9.81. The number of hydrogen-bond acceptors (Lipinski definition) is 4. The van der Waals surface area contributed by atoms with Crippen molar-refractivity contribution in [1.29, 1.82) is 0 Å². The average Bonchev–Trinajstić information content (AvgIpc) is 3.26. The van der Waals surface area contributed by atoms with E-state index in [9.17, 15) is 4.79 Å². The summed E-state index contributed by atoms with van der Waals surface area (Å²) in [6.45, 7) is 1.45. The van der Waals surface area contributed by atoms with Gasteiger partial charge in [0.15, 0.2) is 17.8 Å². The molecule has 1 saturated heterocycles. The van der Waals surface area contributed by atoms with Crippen LogP contribution in [0.25, 0.3) is 11.3 Å². The second-order valence-electron chi connectivity index (χ2n) is 6.32. The molecule has 1 aromatic heterocycles. The van der Waals surface area contributed by atoms with E-state index in [-0.39, 0.29) is 5.79 Å². The minimum absolute atomic E-state index is 0.296. The molecule has 0 radical (unpaired) electrons. The Morgan fingerprint density at radius 3 is 2.26 bits per heavy atom. The molecule has 2 aliphatic rings. The summed E-state index contributed by atoms with van der Waals surface area (Å²) in [6.07, 6.45) is 4.86. The third-order valence-electron chi connectivity index (χ3n) is 4.97. The highest BCUT2D eigenvalue weighted by Crippen LogP contribution is 2.42. The molecule has 1 saturated carbocycles. The summed E-state index contributed by atoms with van der Waals surface area (Å²) < 4.78 is 17.1. The van der Waals surface area contributed by atoms with E-state index in [0.717, 1.165) is 56.5 Å². The van der Waals surface area contributed by atoms with Crippen LogP contribution in [0.2, 0.25) is 0 Å². The molecule has 120 valence electrons. The van der Waals surface area contributed by atoms with Crippen molar-refractivity contribution in [2.75, 3.05) is 13.2 Å². The summed E-state index contributed by atoms with van der Waals surface area (Å²) in [5.41, 5.74) is 2.35. The minimum Gasteiger partial charge on any atom is -0.453 e. The molecule has 4 rings (SSSR count). The van der Waals surface area contributed by atoms with Gasteiger partial charge in [0.1, 0.15) is 5.76 Å². The number of furan rings is 1. The quantitative estimate of drug-likeness (QED) is 0.799. The van der Waals surface area contributed by atoms with Crippen LogP contribution in [0.5, 0.6) is 0 Å². The van der Waals surface area contributed by atoms with Crippen molar-refractivity contribution in [2.24, 2.45) is 0 Å². The molecule has 1 spiro atoms. The normalized spacial score (nSPS) is 20.9. The summed E-state index contributed by atoms with van der Waals surface area (Å²) >= 11 is 0. The van der Waals surface area contributed by atoms with Gasteiger partial charge in [-0.1, -0.05) is 24.3 Å². The van der Waals surface area contributed by atoms with E-state index < -0.39 is 0 Å². The maximum atomic E-state index is 10.7. The predicted molar refractivity (Wildman–Crippen MR) is 85.4 cm³/mol. The van der Waals surface area contributed by atoms with Gasteiger partial charge in [0.2, 0.25) is 0 Å². The van der Waals surface area contributed by atoms with Gasteiger partial charge in [-0.3, -0.25) is 4.79 Å². The summed E-state index contributed by atoms with van der Waals surface area (Å²) in [7, 11) is 0. The predicted octanol–water partition coefficient (Wildman–Crippen LogP) is 4.16. The first kappa shape index (κ1) is 14.7. The van der Waals surface area contributed by atoms with Crippen LogP contribution in [-0.2, 0) is 9.47 Å². The van der Waals surface area contributed by atoms with Crippen molar-refractivity contribution in [3.63, 3.8) is 0 Å². The molecule has 2 fully saturated rings. The molecular weight excluding hydrogens is 292 g/mol. The Bertz CT molecular complexity index is 670. The Morgan fingerprint density at radius 2 is 1.65 bits per heavy atom. The summed E-state index contributed by atoms with van der Waals surface area (Å²) in [4.78, 5) is 10.7. The topological polar surface area (TPSA) is 48.7 Å². The maximum absolute atomic E-state index is 10.7. The molecular formula is C19H20O4. The van der Waals surface area contributed by atoms with Crippen molar-refractivity contribution in [3.8, 4) is 11.3 Å². The summed E-state index contributed by atoms with van der Waals surface area (Å²) in [5.74, 6) is 1.35. The molecule has 2 aromatic rings. The van der Waals surface area contributed by atoms with Gasteiger partial charge >= 0.3 is 0 Å². The monoisotopic (exact) mass is 312 g/mol. The number of benzene rings is 1. The molecule has 23 heavy (non-hydrogen) atoms. The van der Waals surface area contributed by atoms with E-state index in [1.807, 2.05) is 6.07 Å². The van der Waals surface area contributed by atoms with Gasteiger partial charge in [0.25, 0.3) is 0 Å². The van der Waals surface area contributed by atoms with E-state index >= 15 is 0 Å². The van der Waals surface area contributed by atoms with E-state index in [2.05, 4.69) is 24.3 Å². The lowest BCUT2D eigenvalue weighted by Gasteiger charge is -2.35. The van der Waals surface area contributed by atoms with Crippen LogP contribution in [0.3, 0.4) is 0 Å².